The molecule has 4 N–H and O–H groups in total. The topological polar surface area (TPSA) is 106 Å². The molecule has 226 valence electrons. The van der Waals surface area contributed by atoms with Crippen LogP contribution in [-0.4, -0.2) is 43.6 Å². The monoisotopic (exact) mass is 576 g/mol. The summed E-state index contributed by atoms with van der Waals surface area (Å²) in [5.74, 6) is -2.48. The minimum Gasteiger partial charge on any atom is -0.393 e. The van der Waals surface area contributed by atoms with Crippen molar-refractivity contribution in [2.75, 3.05) is 0 Å². The number of H-pyrrole nitrogens is 1. The third-order valence-corrected chi connectivity index (χ3v) is 12.6. The van der Waals surface area contributed by atoms with E-state index in [0.717, 1.165) is 39.0 Å². The van der Waals surface area contributed by atoms with Gasteiger partial charge in [0.25, 0.3) is 5.56 Å². The van der Waals surface area contributed by atoms with Crippen LogP contribution in [0.25, 0.3) is 10.9 Å². The normalized spacial score (nSPS) is 41.1. The molecule has 0 aliphatic heterocycles. The zero-order valence-corrected chi connectivity index (χ0v) is 24.4. The summed E-state index contributed by atoms with van der Waals surface area (Å²) in [6, 6.07) is 0. The summed E-state index contributed by atoms with van der Waals surface area (Å²) < 4.78 is 43.4. The summed E-state index contributed by atoms with van der Waals surface area (Å²) in [6.07, 6.45) is 5.25. The maximum Gasteiger partial charge on any atom is 0.261 e. The number of benzene rings is 1. The number of aliphatic hydroxyl groups is 3. The van der Waals surface area contributed by atoms with Crippen molar-refractivity contribution in [2.45, 2.75) is 104 Å². The van der Waals surface area contributed by atoms with Gasteiger partial charge in [-0.3, -0.25) is 4.79 Å². The molecule has 11 atom stereocenters. The molecule has 0 bridgehead atoms. The minimum atomic E-state index is -1.34. The fourth-order valence-electron chi connectivity index (χ4n) is 10.3. The van der Waals surface area contributed by atoms with E-state index in [1.54, 1.807) is 0 Å². The molecule has 6 rings (SSSR count). The van der Waals surface area contributed by atoms with Gasteiger partial charge in [0.15, 0.2) is 11.6 Å². The number of hydrogen-bond acceptors (Lipinski definition) is 5. The van der Waals surface area contributed by atoms with Crippen molar-refractivity contribution in [2.24, 2.45) is 46.3 Å². The number of aromatic nitrogens is 2. The molecule has 2 aromatic rings. The van der Waals surface area contributed by atoms with Gasteiger partial charge in [-0.25, -0.2) is 18.2 Å². The lowest BCUT2D eigenvalue weighted by Crippen LogP contribution is -2.62. The number of aryl methyl sites for hydroxylation is 1. The van der Waals surface area contributed by atoms with E-state index in [1.165, 1.54) is 0 Å². The maximum atomic E-state index is 14.6. The number of hydrogen-bond donors (Lipinski definition) is 4. The van der Waals surface area contributed by atoms with Gasteiger partial charge < -0.3 is 20.3 Å². The molecular weight excluding hydrogens is 533 g/mol. The van der Waals surface area contributed by atoms with Crippen LogP contribution in [-0.2, 0) is 6.42 Å². The molecule has 9 heteroatoms. The Hall–Kier alpha value is -1.97. The molecule has 4 aliphatic rings. The number of fused-ring (bicyclic) bond motifs is 6. The summed E-state index contributed by atoms with van der Waals surface area (Å²) in [5.41, 5.74) is -2.33. The molecule has 6 nitrogen and oxygen atoms in total. The number of nitrogens with one attached hydrogen (secondary N) is 1. The molecule has 41 heavy (non-hydrogen) atoms. The van der Waals surface area contributed by atoms with Gasteiger partial charge in [-0.2, -0.15) is 0 Å². The van der Waals surface area contributed by atoms with E-state index < -0.39 is 51.7 Å². The van der Waals surface area contributed by atoms with Gasteiger partial charge in [0.1, 0.15) is 22.5 Å². The zero-order valence-electron chi connectivity index (χ0n) is 24.4. The van der Waals surface area contributed by atoms with E-state index in [4.69, 9.17) is 0 Å². The highest BCUT2D eigenvalue weighted by Gasteiger charge is 2.65. The highest BCUT2D eigenvalue weighted by atomic mass is 19.2. The standard InChI is InChI=1S/C32H43F3N2O4/c1-14(5-8-23-36-29-25(30(41)37-23)26(33)15(2)27(34)28(29)35)18-6-7-19-24-20(13-22(40)32(18,19)4)31(3)10-9-17(38)11-16(31)12-21(24)39/h14,16-22,24,38-40H,5-13H2,1-4H3,(H,36,37,41)/t14-,16+,17-,18-,19+,20?,21-,22+,24+,31+,32-/m1/s1. The number of nitrogens with zero attached hydrogens (tertiary/aromatic N) is 1. The Bertz CT molecular complexity index is 1420. The predicted octanol–water partition coefficient (Wildman–Crippen LogP) is 5.18. The van der Waals surface area contributed by atoms with Gasteiger partial charge in [-0.05, 0) is 105 Å². The summed E-state index contributed by atoms with van der Waals surface area (Å²) >= 11 is 0. The van der Waals surface area contributed by atoms with Crippen LogP contribution >= 0.6 is 0 Å². The van der Waals surface area contributed by atoms with Crippen LogP contribution in [0.15, 0.2) is 4.79 Å². The molecule has 0 amide bonds. The Morgan fingerprint density at radius 1 is 1.00 bits per heavy atom. The van der Waals surface area contributed by atoms with Crippen molar-refractivity contribution < 1.29 is 28.5 Å². The molecule has 4 saturated carbocycles. The molecule has 0 spiro atoms. The van der Waals surface area contributed by atoms with Crippen LogP contribution in [0.1, 0.15) is 83.5 Å². The van der Waals surface area contributed by atoms with E-state index in [0.29, 0.717) is 25.7 Å². The van der Waals surface area contributed by atoms with Crippen LogP contribution < -0.4 is 5.56 Å². The van der Waals surface area contributed by atoms with Crippen LogP contribution in [0.2, 0.25) is 0 Å². The second kappa shape index (κ2) is 10.1. The average molecular weight is 577 g/mol. The molecule has 4 aliphatic carbocycles. The minimum absolute atomic E-state index is 0.00945. The third kappa shape index (κ3) is 4.23. The Morgan fingerprint density at radius 2 is 1.73 bits per heavy atom. The van der Waals surface area contributed by atoms with Crippen molar-refractivity contribution in [3.8, 4) is 0 Å². The first kappa shape index (κ1) is 29.1. The lowest BCUT2D eigenvalue weighted by Gasteiger charge is -2.63. The quantitative estimate of drug-likeness (QED) is 0.376. The maximum absolute atomic E-state index is 14.6. The Kier molecular flexibility index (Phi) is 7.14. The molecule has 0 radical (unpaired) electrons. The van der Waals surface area contributed by atoms with E-state index in [9.17, 15) is 33.3 Å². The second-order valence-electron chi connectivity index (χ2n) is 14.3. The Labute approximate surface area is 238 Å². The SMILES string of the molecule is Cc1c(F)c(F)c2nc(CC[C@@H](C)[C@H]3CC[C@H]4[C@H]5C(C[C@H](O)[C@]34C)[C@@]3(C)CC[C@@H](O)C[C@H]3C[C@H]5O)[nH]c(=O)c2c1F. The molecule has 1 heterocycles. The molecule has 0 saturated heterocycles. The fourth-order valence-corrected chi connectivity index (χ4v) is 10.3. The molecule has 1 aromatic heterocycles. The van der Waals surface area contributed by atoms with E-state index in [1.807, 2.05) is 0 Å². The van der Waals surface area contributed by atoms with Crippen molar-refractivity contribution in [3.63, 3.8) is 0 Å². The summed E-state index contributed by atoms with van der Waals surface area (Å²) in [5, 5.41) is 33.0. The molecular formula is C32H43F3N2O4. The number of aliphatic hydroxyl groups excluding tert-OH is 3. The van der Waals surface area contributed by atoms with Crippen LogP contribution in [0, 0.1) is 70.7 Å². The van der Waals surface area contributed by atoms with Crippen LogP contribution in [0.5, 0.6) is 0 Å². The number of aromatic amines is 1. The smallest absolute Gasteiger partial charge is 0.261 e. The third-order valence-electron chi connectivity index (χ3n) is 12.6. The van der Waals surface area contributed by atoms with Crippen molar-refractivity contribution in [1.29, 1.82) is 0 Å². The first-order valence-corrected chi connectivity index (χ1v) is 15.4. The van der Waals surface area contributed by atoms with Gasteiger partial charge in [0.05, 0.1) is 18.3 Å². The van der Waals surface area contributed by atoms with Crippen molar-refractivity contribution >= 4 is 10.9 Å². The highest BCUT2D eigenvalue weighted by molar-refractivity contribution is 5.80. The van der Waals surface area contributed by atoms with E-state index in [2.05, 4.69) is 30.7 Å². The Morgan fingerprint density at radius 3 is 2.46 bits per heavy atom. The molecule has 1 aromatic carbocycles. The summed E-state index contributed by atoms with van der Waals surface area (Å²) in [4.78, 5) is 19.3. The molecule has 4 fully saturated rings. The van der Waals surface area contributed by atoms with E-state index in [-0.39, 0.29) is 58.3 Å². The van der Waals surface area contributed by atoms with Gasteiger partial charge in [-0.1, -0.05) is 20.8 Å². The van der Waals surface area contributed by atoms with Crippen LogP contribution in [0.3, 0.4) is 0 Å². The van der Waals surface area contributed by atoms with Gasteiger partial charge in [0, 0.05) is 12.0 Å². The van der Waals surface area contributed by atoms with E-state index >= 15 is 0 Å². The average Bonchev–Trinajstić information content (AvgIpc) is 3.29. The fraction of sp³-hybridized carbons (Fsp3) is 0.750. The van der Waals surface area contributed by atoms with Gasteiger partial charge in [-0.15, -0.1) is 0 Å². The largest absolute Gasteiger partial charge is 0.393 e. The Balaban J connectivity index is 1.23. The first-order valence-electron chi connectivity index (χ1n) is 15.4. The predicted molar refractivity (Wildman–Crippen MR) is 148 cm³/mol. The van der Waals surface area contributed by atoms with Crippen molar-refractivity contribution in [1.82, 2.24) is 9.97 Å². The zero-order chi connectivity index (χ0) is 29.6. The first-order chi connectivity index (χ1) is 19.3. The van der Waals surface area contributed by atoms with Gasteiger partial charge >= 0.3 is 0 Å². The lowest BCUT2D eigenvalue weighted by molar-refractivity contribution is -0.207. The molecule has 1 unspecified atom stereocenters. The summed E-state index contributed by atoms with van der Waals surface area (Å²) in [7, 11) is 0. The van der Waals surface area contributed by atoms with Crippen molar-refractivity contribution in [3.05, 3.63) is 39.2 Å². The number of rotatable bonds is 4. The van der Waals surface area contributed by atoms with Crippen LogP contribution in [0.4, 0.5) is 13.2 Å². The summed E-state index contributed by atoms with van der Waals surface area (Å²) in [6.45, 7) is 7.70. The second-order valence-corrected chi connectivity index (χ2v) is 14.3. The highest BCUT2D eigenvalue weighted by Crippen LogP contribution is 2.68. The van der Waals surface area contributed by atoms with Gasteiger partial charge in [0.2, 0.25) is 0 Å². The lowest BCUT2D eigenvalue weighted by atomic mass is 9.43. The number of halogens is 3.